The van der Waals surface area contributed by atoms with Gasteiger partial charge in [-0.25, -0.2) is 0 Å². The summed E-state index contributed by atoms with van der Waals surface area (Å²) in [6.07, 6.45) is -1.87. The average molecular weight is 424 g/mol. The van der Waals surface area contributed by atoms with Crippen molar-refractivity contribution >= 4 is 17.5 Å². The topological polar surface area (TPSA) is 71.8 Å². The Morgan fingerprint density at radius 3 is 2.57 bits per heavy atom. The third-order valence-electron chi connectivity index (χ3n) is 5.08. The van der Waals surface area contributed by atoms with E-state index in [4.69, 9.17) is 9.15 Å². The lowest BCUT2D eigenvalue weighted by Crippen LogP contribution is -2.40. The fourth-order valence-electron chi connectivity index (χ4n) is 3.49. The molecule has 0 bridgehead atoms. The van der Waals surface area contributed by atoms with Crippen molar-refractivity contribution in [3.63, 3.8) is 0 Å². The molecule has 1 aromatic carbocycles. The van der Waals surface area contributed by atoms with E-state index in [0.717, 1.165) is 25.0 Å². The van der Waals surface area contributed by atoms with Gasteiger partial charge in [0.25, 0.3) is 11.9 Å². The highest BCUT2D eigenvalue weighted by Crippen LogP contribution is 2.30. The smallest absolute Gasteiger partial charge is 0.416 e. The molecule has 1 aliphatic heterocycles. The molecule has 6 nitrogen and oxygen atoms in total. The maximum atomic E-state index is 12.6. The standard InChI is InChI=1S/C21H23F3N2O4/c1-29-19-11-9-17(30-19)20(28)26-12-2-3-14(13-26)4-10-18(27)25-16-7-5-15(6-8-16)21(22,23)24/h5-9,11,14H,2-4,10,12-13H2,1H3,(H,25,27)/t14-/m0/s1. The summed E-state index contributed by atoms with van der Waals surface area (Å²) in [5.41, 5.74) is -0.443. The quantitative estimate of drug-likeness (QED) is 0.737. The molecular weight excluding hydrogens is 401 g/mol. The Bertz CT molecular complexity index is 877. The van der Waals surface area contributed by atoms with E-state index in [-0.39, 0.29) is 35.9 Å². The first kappa shape index (κ1) is 21.7. The maximum absolute atomic E-state index is 12.6. The average Bonchev–Trinajstić information content (AvgIpc) is 3.21. The zero-order valence-corrected chi connectivity index (χ0v) is 16.5. The molecule has 1 fully saturated rings. The number of hydrogen-bond acceptors (Lipinski definition) is 4. The molecule has 2 heterocycles. The summed E-state index contributed by atoms with van der Waals surface area (Å²) in [5, 5.41) is 2.61. The van der Waals surface area contributed by atoms with Gasteiger partial charge in [0.1, 0.15) is 0 Å². The van der Waals surface area contributed by atoms with Crippen LogP contribution in [0.4, 0.5) is 18.9 Å². The molecule has 1 aliphatic rings. The molecule has 1 saturated heterocycles. The lowest BCUT2D eigenvalue weighted by molar-refractivity contribution is -0.137. The van der Waals surface area contributed by atoms with Gasteiger partial charge in [-0.05, 0) is 55.5 Å². The number of carbonyl (C=O) groups is 2. The van der Waals surface area contributed by atoms with E-state index >= 15 is 0 Å². The molecule has 0 aliphatic carbocycles. The van der Waals surface area contributed by atoms with Crippen molar-refractivity contribution < 1.29 is 31.9 Å². The van der Waals surface area contributed by atoms with Crippen molar-refractivity contribution in [2.75, 3.05) is 25.5 Å². The second-order valence-electron chi connectivity index (χ2n) is 7.24. The van der Waals surface area contributed by atoms with Crippen LogP contribution in [-0.4, -0.2) is 36.9 Å². The minimum atomic E-state index is -4.41. The Morgan fingerprint density at radius 1 is 1.20 bits per heavy atom. The number of alkyl halides is 3. The number of anilines is 1. The number of ether oxygens (including phenoxy) is 1. The van der Waals surface area contributed by atoms with Crippen LogP contribution < -0.4 is 10.1 Å². The third kappa shape index (κ3) is 5.55. The fourth-order valence-corrected chi connectivity index (χ4v) is 3.49. The van der Waals surface area contributed by atoms with Gasteiger partial charge in [0.2, 0.25) is 5.91 Å². The molecule has 0 unspecified atom stereocenters. The molecule has 0 radical (unpaired) electrons. The summed E-state index contributed by atoms with van der Waals surface area (Å²) >= 11 is 0. The van der Waals surface area contributed by atoms with Gasteiger partial charge in [-0.3, -0.25) is 9.59 Å². The van der Waals surface area contributed by atoms with E-state index in [2.05, 4.69) is 5.32 Å². The van der Waals surface area contributed by atoms with Crippen LogP contribution in [0.3, 0.4) is 0 Å². The van der Waals surface area contributed by atoms with Gasteiger partial charge in [0, 0.05) is 31.3 Å². The van der Waals surface area contributed by atoms with E-state index in [1.165, 1.54) is 19.2 Å². The Labute approximate surface area is 172 Å². The molecule has 0 saturated carbocycles. The van der Waals surface area contributed by atoms with Gasteiger partial charge in [0.15, 0.2) is 5.76 Å². The van der Waals surface area contributed by atoms with Crippen LogP contribution in [0, 0.1) is 5.92 Å². The van der Waals surface area contributed by atoms with Crippen molar-refractivity contribution in [1.29, 1.82) is 0 Å². The number of carbonyl (C=O) groups excluding carboxylic acids is 2. The summed E-state index contributed by atoms with van der Waals surface area (Å²) in [4.78, 5) is 26.4. The summed E-state index contributed by atoms with van der Waals surface area (Å²) in [6, 6.07) is 7.50. The van der Waals surface area contributed by atoms with E-state index in [1.54, 1.807) is 17.0 Å². The molecule has 1 N–H and O–H groups in total. The molecule has 2 amide bonds. The number of furan rings is 1. The van der Waals surface area contributed by atoms with Gasteiger partial charge in [-0.2, -0.15) is 13.2 Å². The number of amides is 2. The molecule has 2 aromatic rings. The molecule has 0 spiro atoms. The predicted molar refractivity (Wildman–Crippen MR) is 103 cm³/mol. The number of piperidine rings is 1. The number of benzene rings is 1. The van der Waals surface area contributed by atoms with Crippen LogP contribution in [0.15, 0.2) is 40.8 Å². The van der Waals surface area contributed by atoms with E-state index in [0.29, 0.717) is 25.2 Å². The number of rotatable bonds is 6. The zero-order valence-electron chi connectivity index (χ0n) is 16.5. The predicted octanol–water partition coefficient (Wildman–Crippen LogP) is 4.58. The maximum Gasteiger partial charge on any atom is 0.416 e. The number of likely N-dealkylation sites (tertiary alicyclic amines) is 1. The zero-order chi connectivity index (χ0) is 21.7. The minimum absolute atomic E-state index is 0.165. The summed E-state index contributed by atoms with van der Waals surface area (Å²) < 4.78 is 48.1. The summed E-state index contributed by atoms with van der Waals surface area (Å²) in [6.45, 7) is 1.14. The second-order valence-corrected chi connectivity index (χ2v) is 7.24. The lowest BCUT2D eigenvalue weighted by atomic mass is 9.93. The number of nitrogens with zero attached hydrogens (tertiary/aromatic N) is 1. The second kappa shape index (κ2) is 9.23. The van der Waals surface area contributed by atoms with Crippen LogP contribution in [0.5, 0.6) is 5.95 Å². The highest BCUT2D eigenvalue weighted by molar-refractivity contribution is 5.92. The monoisotopic (exact) mass is 424 g/mol. The number of halogens is 3. The summed E-state index contributed by atoms with van der Waals surface area (Å²) in [5.74, 6) is 0.170. The Morgan fingerprint density at radius 2 is 1.93 bits per heavy atom. The van der Waals surface area contributed by atoms with Crippen LogP contribution >= 0.6 is 0 Å². The van der Waals surface area contributed by atoms with Gasteiger partial charge >= 0.3 is 6.18 Å². The molecule has 9 heteroatoms. The van der Waals surface area contributed by atoms with Gasteiger partial charge in [-0.15, -0.1) is 0 Å². The van der Waals surface area contributed by atoms with Gasteiger partial charge < -0.3 is 19.4 Å². The Hall–Kier alpha value is -2.97. The first-order chi connectivity index (χ1) is 14.3. The number of nitrogens with one attached hydrogen (secondary N) is 1. The molecule has 1 atom stereocenters. The van der Waals surface area contributed by atoms with Crippen molar-refractivity contribution in [2.45, 2.75) is 31.9 Å². The molecule has 162 valence electrons. The number of hydrogen-bond donors (Lipinski definition) is 1. The van der Waals surface area contributed by atoms with Crippen LogP contribution in [-0.2, 0) is 11.0 Å². The van der Waals surface area contributed by atoms with Crippen LogP contribution in [0.25, 0.3) is 0 Å². The third-order valence-corrected chi connectivity index (χ3v) is 5.08. The first-order valence-electron chi connectivity index (χ1n) is 9.66. The van der Waals surface area contributed by atoms with Gasteiger partial charge in [0.05, 0.1) is 12.7 Å². The lowest BCUT2D eigenvalue weighted by Gasteiger charge is -2.32. The normalized spacial score (nSPS) is 16.9. The summed E-state index contributed by atoms with van der Waals surface area (Å²) in [7, 11) is 1.46. The highest BCUT2D eigenvalue weighted by Gasteiger charge is 2.30. The van der Waals surface area contributed by atoms with Crippen molar-refractivity contribution in [3.8, 4) is 5.95 Å². The Balaban J connectivity index is 1.48. The van der Waals surface area contributed by atoms with E-state index in [9.17, 15) is 22.8 Å². The van der Waals surface area contributed by atoms with Gasteiger partial charge in [-0.1, -0.05) is 0 Å². The molecule has 3 rings (SSSR count). The highest BCUT2D eigenvalue weighted by atomic mass is 19.4. The van der Waals surface area contributed by atoms with E-state index in [1.807, 2.05) is 0 Å². The van der Waals surface area contributed by atoms with Crippen molar-refractivity contribution in [1.82, 2.24) is 4.90 Å². The van der Waals surface area contributed by atoms with Crippen LogP contribution in [0.1, 0.15) is 41.8 Å². The SMILES string of the molecule is COc1ccc(C(=O)N2CCC[C@@H](CCC(=O)Nc3ccc(C(F)(F)F)cc3)C2)o1. The largest absolute Gasteiger partial charge is 0.468 e. The Kier molecular flexibility index (Phi) is 6.69. The van der Waals surface area contributed by atoms with Crippen LogP contribution in [0.2, 0.25) is 0 Å². The minimum Gasteiger partial charge on any atom is -0.468 e. The molecule has 30 heavy (non-hydrogen) atoms. The molecular formula is C21H23F3N2O4. The van der Waals surface area contributed by atoms with E-state index < -0.39 is 11.7 Å². The molecule has 1 aromatic heterocycles. The van der Waals surface area contributed by atoms with Crippen molar-refractivity contribution in [2.24, 2.45) is 5.92 Å². The van der Waals surface area contributed by atoms with Crippen molar-refractivity contribution in [3.05, 3.63) is 47.7 Å². The first-order valence-corrected chi connectivity index (χ1v) is 9.66. The number of methoxy groups -OCH3 is 1. The fraction of sp³-hybridized carbons (Fsp3) is 0.429.